The number of ether oxygens (including phenoxy) is 1. The van der Waals surface area contributed by atoms with Gasteiger partial charge in [-0.15, -0.1) is 0 Å². The zero-order valence-electron chi connectivity index (χ0n) is 9.24. The van der Waals surface area contributed by atoms with Gasteiger partial charge in [0.25, 0.3) is 0 Å². The summed E-state index contributed by atoms with van der Waals surface area (Å²) in [5.74, 6) is 0.567. The van der Waals surface area contributed by atoms with Gasteiger partial charge in [0.05, 0.1) is 20.7 Å². The van der Waals surface area contributed by atoms with Crippen molar-refractivity contribution in [3.63, 3.8) is 0 Å². The number of rotatable bonds is 6. The zero-order chi connectivity index (χ0) is 12.0. The summed E-state index contributed by atoms with van der Waals surface area (Å²) in [6.45, 7) is 0.690. The number of hydrogen-bond acceptors (Lipinski definition) is 3. The predicted octanol–water partition coefficient (Wildman–Crippen LogP) is 2.46. The smallest absolute Gasteiger partial charge is 0.0803 e. The lowest BCUT2D eigenvalue weighted by atomic mass is 10.3. The summed E-state index contributed by atoms with van der Waals surface area (Å²) in [6, 6.07) is 5.18. The van der Waals surface area contributed by atoms with Gasteiger partial charge < -0.3 is 10.5 Å². The normalized spacial score (nSPS) is 12.6. The first-order valence-electron chi connectivity index (χ1n) is 5.08. The zero-order valence-corrected chi connectivity index (χ0v) is 10.8. The van der Waals surface area contributed by atoms with Gasteiger partial charge in [-0.1, -0.05) is 17.7 Å². The minimum absolute atomic E-state index is 0.477. The Hall–Kier alpha value is -0.580. The fourth-order valence-electron chi connectivity index (χ4n) is 1.35. The molecule has 0 bridgehead atoms. The van der Waals surface area contributed by atoms with Crippen LogP contribution in [-0.4, -0.2) is 23.7 Å². The number of anilines is 1. The molecule has 90 valence electrons. The average molecular weight is 262 g/mol. The molecule has 1 atom stereocenters. The van der Waals surface area contributed by atoms with Crippen LogP contribution >= 0.6 is 11.6 Å². The monoisotopic (exact) mass is 261 g/mol. The Morgan fingerprint density at radius 3 is 2.81 bits per heavy atom. The Kier molecular flexibility index (Phi) is 5.80. The van der Waals surface area contributed by atoms with Gasteiger partial charge in [-0.2, -0.15) is 0 Å². The van der Waals surface area contributed by atoms with Gasteiger partial charge in [0.1, 0.15) is 0 Å². The van der Waals surface area contributed by atoms with E-state index in [1.807, 2.05) is 0 Å². The molecular formula is C11H16ClNO2S. The molecule has 16 heavy (non-hydrogen) atoms. The van der Waals surface area contributed by atoms with Gasteiger partial charge in [0, 0.05) is 25.2 Å². The molecule has 0 aliphatic heterocycles. The molecule has 1 rings (SSSR count). The predicted molar refractivity (Wildman–Crippen MR) is 68.2 cm³/mol. The minimum atomic E-state index is -1.12. The van der Waals surface area contributed by atoms with Crippen LogP contribution in [0.5, 0.6) is 0 Å². The van der Waals surface area contributed by atoms with Crippen molar-refractivity contribution in [2.24, 2.45) is 0 Å². The van der Waals surface area contributed by atoms with E-state index >= 15 is 0 Å². The number of methoxy groups -OCH3 is 1. The number of nitrogens with two attached hydrogens (primary N) is 1. The van der Waals surface area contributed by atoms with E-state index in [1.165, 1.54) is 0 Å². The lowest BCUT2D eigenvalue weighted by Crippen LogP contribution is -2.04. The first kappa shape index (κ1) is 13.5. The molecule has 0 saturated carbocycles. The second-order valence-electron chi connectivity index (χ2n) is 3.41. The summed E-state index contributed by atoms with van der Waals surface area (Å²) >= 11 is 5.97. The van der Waals surface area contributed by atoms with E-state index in [9.17, 15) is 4.21 Å². The van der Waals surface area contributed by atoms with Crippen LogP contribution in [0.1, 0.15) is 12.8 Å². The highest BCUT2D eigenvalue weighted by Crippen LogP contribution is 2.26. The summed E-state index contributed by atoms with van der Waals surface area (Å²) in [7, 11) is 0.533. The van der Waals surface area contributed by atoms with Crippen LogP contribution in [0.25, 0.3) is 0 Å². The number of benzene rings is 1. The Bertz CT molecular complexity index is 351. The van der Waals surface area contributed by atoms with E-state index in [2.05, 4.69) is 0 Å². The first-order valence-corrected chi connectivity index (χ1v) is 6.77. The van der Waals surface area contributed by atoms with E-state index < -0.39 is 10.8 Å². The maximum Gasteiger partial charge on any atom is 0.0803 e. The molecule has 1 aromatic rings. The van der Waals surface area contributed by atoms with Crippen molar-refractivity contribution in [2.75, 3.05) is 25.2 Å². The maximum absolute atomic E-state index is 12.0. The summed E-state index contributed by atoms with van der Waals surface area (Å²) in [4.78, 5) is 0.557. The Labute approximate surface area is 103 Å². The van der Waals surface area contributed by atoms with Crippen LogP contribution < -0.4 is 5.73 Å². The largest absolute Gasteiger partial charge is 0.398 e. The molecule has 0 heterocycles. The van der Waals surface area contributed by atoms with Gasteiger partial charge in [0.2, 0.25) is 0 Å². The fourth-order valence-corrected chi connectivity index (χ4v) is 3.07. The molecule has 0 spiro atoms. The van der Waals surface area contributed by atoms with Crippen molar-refractivity contribution < 1.29 is 8.95 Å². The van der Waals surface area contributed by atoms with Crippen molar-refractivity contribution >= 4 is 28.1 Å². The van der Waals surface area contributed by atoms with Crippen molar-refractivity contribution in [1.82, 2.24) is 0 Å². The molecule has 3 nitrogen and oxygen atoms in total. The van der Waals surface area contributed by atoms with E-state index in [4.69, 9.17) is 22.1 Å². The summed E-state index contributed by atoms with van der Waals surface area (Å²) in [6.07, 6.45) is 1.73. The third-order valence-corrected chi connectivity index (χ3v) is 4.15. The molecule has 0 radical (unpaired) electrons. The van der Waals surface area contributed by atoms with Crippen molar-refractivity contribution in [1.29, 1.82) is 0 Å². The van der Waals surface area contributed by atoms with Gasteiger partial charge in [-0.25, -0.2) is 0 Å². The second kappa shape index (κ2) is 6.89. The van der Waals surface area contributed by atoms with Crippen molar-refractivity contribution in [3.8, 4) is 0 Å². The Morgan fingerprint density at radius 2 is 2.19 bits per heavy atom. The Morgan fingerprint density at radius 1 is 1.44 bits per heavy atom. The molecular weight excluding hydrogens is 246 g/mol. The minimum Gasteiger partial charge on any atom is -0.398 e. The van der Waals surface area contributed by atoms with Gasteiger partial charge in [-0.05, 0) is 25.0 Å². The molecule has 0 fully saturated rings. The molecule has 1 unspecified atom stereocenters. The highest BCUT2D eigenvalue weighted by Gasteiger charge is 2.11. The molecule has 0 amide bonds. The third-order valence-electron chi connectivity index (χ3n) is 2.15. The molecule has 2 N–H and O–H groups in total. The molecule has 0 aromatic heterocycles. The lowest BCUT2D eigenvalue weighted by molar-refractivity contribution is 0.194. The molecule has 1 aromatic carbocycles. The first-order chi connectivity index (χ1) is 7.66. The lowest BCUT2D eigenvalue weighted by Gasteiger charge is -2.07. The van der Waals surface area contributed by atoms with E-state index in [0.29, 0.717) is 28.0 Å². The molecule has 0 aliphatic carbocycles. The third kappa shape index (κ3) is 3.77. The molecule has 0 aliphatic rings. The SMILES string of the molecule is COCCCCS(=O)c1c(N)cccc1Cl. The summed E-state index contributed by atoms with van der Waals surface area (Å²) < 4.78 is 16.9. The van der Waals surface area contributed by atoms with Gasteiger partial charge >= 0.3 is 0 Å². The number of nitrogen functional groups attached to an aromatic ring is 1. The fraction of sp³-hybridized carbons (Fsp3) is 0.455. The second-order valence-corrected chi connectivity index (χ2v) is 5.32. The highest BCUT2D eigenvalue weighted by atomic mass is 35.5. The number of unbranched alkanes of at least 4 members (excludes halogenated alkanes) is 1. The molecule has 0 saturated heterocycles. The number of hydrogen-bond donors (Lipinski definition) is 1. The van der Waals surface area contributed by atoms with Crippen LogP contribution in [0.4, 0.5) is 5.69 Å². The van der Waals surface area contributed by atoms with E-state index in [0.717, 1.165) is 12.8 Å². The quantitative estimate of drug-likeness (QED) is 0.632. The van der Waals surface area contributed by atoms with Gasteiger partial charge in [0.15, 0.2) is 0 Å². The number of halogens is 1. The Balaban J connectivity index is 2.59. The van der Waals surface area contributed by atoms with Crippen LogP contribution in [-0.2, 0) is 15.5 Å². The van der Waals surface area contributed by atoms with Crippen molar-refractivity contribution in [3.05, 3.63) is 23.2 Å². The van der Waals surface area contributed by atoms with Crippen LogP contribution in [0.3, 0.4) is 0 Å². The van der Waals surface area contributed by atoms with Crippen LogP contribution in [0.15, 0.2) is 23.1 Å². The van der Waals surface area contributed by atoms with Crippen LogP contribution in [0, 0.1) is 0 Å². The standard InChI is InChI=1S/C11H16ClNO2S/c1-15-7-2-3-8-16(14)11-9(12)5-4-6-10(11)13/h4-6H,2-3,7-8,13H2,1H3. The van der Waals surface area contributed by atoms with Crippen molar-refractivity contribution in [2.45, 2.75) is 17.7 Å². The maximum atomic E-state index is 12.0. The van der Waals surface area contributed by atoms with E-state index in [1.54, 1.807) is 25.3 Å². The average Bonchev–Trinajstić information content (AvgIpc) is 2.24. The highest BCUT2D eigenvalue weighted by molar-refractivity contribution is 7.85. The van der Waals surface area contributed by atoms with Gasteiger partial charge in [-0.3, -0.25) is 4.21 Å². The van der Waals surface area contributed by atoms with Crippen LogP contribution in [0.2, 0.25) is 5.02 Å². The summed E-state index contributed by atoms with van der Waals surface area (Å²) in [5, 5.41) is 0.477. The topological polar surface area (TPSA) is 52.3 Å². The molecule has 5 heteroatoms. The van der Waals surface area contributed by atoms with E-state index in [-0.39, 0.29) is 0 Å². The summed E-state index contributed by atoms with van der Waals surface area (Å²) in [5.41, 5.74) is 6.25.